The summed E-state index contributed by atoms with van der Waals surface area (Å²) in [7, 11) is 2.17. The van der Waals surface area contributed by atoms with E-state index in [-0.39, 0.29) is 0 Å². The van der Waals surface area contributed by atoms with Gasteiger partial charge in [-0.2, -0.15) is 0 Å². The molecular weight excluding hydrogens is 224 g/mol. The normalized spacial score (nSPS) is 24.6. The van der Waals surface area contributed by atoms with Crippen molar-refractivity contribution in [3.8, 4) is 5.75 Å². The number of fused-ring (bicyclic) bond motifs is 1. The number of nitrogens with one attached hydrogen (secondary N) is 1. The molecule has 1 saturated heterocycles. The number of benzene rings is 1. The summed E-state index contributed by atoms with van der Waals surface area (Å²) in [5.41, 5.74) is 2.88. The minimum absolute atomic E-state index is 0.360. The Labute approximate surface area is 109 Å². The Morgan fingerprint density at radius 2 is 2.28 bits per heavy atom. The van der Waals surface area contributed by atoms with Gasteiger partial charge in [0, 0.05) is 13.1 Å². The van der Waals surface area contributed by atoms with E-state index in [1.165, 1.54) is 30.5 Å². The number of piperidine rings is 1. The first-order valence-corrected chi connectivity index (χ1v) is 6.99. The van der Waals surface area contributed by atoms with Gasteiger partial charge in [-0.15, -0.1) is 0 Å². The van der Waals surface area contributed by atoms with Crippen molar-refractivity contribution in [2.45, 2.75) is 31.9 Å². The van der Waals surface area contributed by atoms with Crippen molar-refractivity contribution < 1.29 is 4.74 Å². The first-order valence-electron chi connectivity index (χ1n) is 6.99. The summed E-state index contributed by atoms with van der Waals surface area (Å²) < 4.78 is 6.12. The highest BCUT2D eigenvalue weighted by molar-refractivity contribution is 5.37. The van der Waals surface area contributed by atoms with Gasteiger partial charge in [0.05, 0.1) is 0 Å². The van der Waals surface area contributed by atoms with Gasteiger partial charge in [-0.25, -0.2) is 0 Å². The van der Waals surface area contributed by atoms with Crippen LogP contribution in [0.4, 0.5) is 0 Å². The maximum atomic E-state index is 6.12. The number of likely N-dealkylation sites (N-methyl/N-ethyl adjacent to an activating group) is 1. The van der Waals surface area contributed by atoms with Crippen molar-refractivity contribution >= 4 is 0 Å². The zero-order chi connectivity index (χ0) is 12.4. The SMILES string of the molecule is CN1CCCC(Oc2ccc3c(c2)CNCC3)C1. The first kappa shape index (κ1) is 12.0. The van der Waals surface area contributed by atoms with E-state index in [4.69, 9.17) is 4.74 Å². The lowest BCUT2D eigenvalue weighted by Crippen LogP contribution is -2.38. The van der Waals surface area contributed by atoms with E-state index in [0.29, 0.717) is 6.10 Å². The molecule has 1 fully saturated rings. The number of hydrogen-bond donors (Lipinski definition) is 1. The predicted octanol–water partition coefficient (Wildman–Crippen LogP) is 1.81. The van der Waals surface area contributed by atoms with E-state index in [2.05, 4.69) is 35.5 Å². The first-order chi connectivity index (χ1) is 8.81. The Bertz CT molecular complexity index is 419. The molecule has 2 aliphatic rings. The molecule has 18 heavy (non-hydrogen) atoms. The van der Waals surface area contributed by atoms with Crippen LogP contribution in [0.5, 0.6) is 5.75 Å². The molecule has 0 radical (unpaired) electrons. The maximum Gasteiger partial charge on any atom is 0.120 e. The zero-order valence-corrected chi connectivity index (χ0v) is 11.1. The van der Waals surface area contributed by atoms with E-state index in [1.54, 1.807) is 0 Å². The Balaban J connectivity index is 1.69. The van der Waals surface area contributed by atoms with E-state index in [0.717, 1.165) is 31.8 Å². The van der Waals surface area contributed by atoms with E-state index < -0.39 is 0 Å². The van der Waals surface area contributed by atoms with Gasteiger partial charge in [0.15, 0.2) is 0 Å². The third kappa shape index (κ3) is 2.68. The van der Waals surface area contributed by atoms with Crippen LogP contribution in [0.3, 0.4) is 0 Å². The molecule has 0 saturated carbocycles. The van der Waals surface area contributed by atoms with Crippen LogP contribution in [-0.2, 0) is 13.0 Å². The topological polar surface area (TPSA) is 24.5 Å². The summed E-state index contributed by atoms with van der Waals surface area (Å²) >= 11 is 0. The third-order valence-corrected chi connectivity index (χ3v) is 3.95. The molecule has 0 spiro atoms. The number of hydrogen-bond acceptors (Lipinski definition) is 3. The molecule has 2 aliphatic heterocycles. The van der Waals surface area contributed by atoms with Crippen LogP contribution in [0.25, 0.3) is 0 Å². The molecule has 0 amide bonds. The van der Waals surface area contributed by atoms with Gasteiger partial charge in [0.2, 0.25) is 0 Å². The third-order valence-electron chi connectivity index (χ3n) is 3.95. The average Bonchev–Trinajstić information content (AvgIpc) is 2.39. The minimum atomic E-state index is 0.360. The van der Waals surface area contributed by atoms with Crippen LogP contribution >= 0.6 is 0 Å². The van der Waals surface area contributed by atoms with Crippen LogP contribution in [0, 0.1) is 0 Å². The summed E-state index contributed by atoms with van der Waals surface area (Å²) in [4.78, 5) is 2.36. The second kappa shape index (κ2) is 5.29. The minimum Gasteiger partial charge on any atom is -0.489 e. The quantitative estimate of drug-likeness (QED) is 0.861. The Morgan fingerprint density at radius 1 is 1.33 bits per heavy atom. The molecule has 0 aliphatic carbocycles. The van der Waals surface area contributed by atoms with E-state index in [1.807, 2.05) is 0 Å². The molecule has 3 rings (SSSR count). The molecule has 2 heterocycles. The number of ether oxygens (including phenoxy) is 1. The lowest BCUT2D eigenvalue weighted by Gasteiger charge is -2.30. The van der Waals surface area contributed by atoms with Crippen LogP contribution in [-0.4, -0.2) is 37.7 Å². The fourth-order valence-corrected chi connectivity index (χ4v) is 2.94. The zero-order valence-electron chi connectivity index (χ0n) is 11.1. The van der Waals surface area contributed by atoms with Gasteiger partial charge in [0.1, 0.15) is 11.9 Å². The number of nitrogens with zero attached hydrogens (tertiary/aromatic N) is 1. The maximum absolute atomic E-state index is 6.12. The molecule has 1 aromatic carbocycles. The Morgan fingerprint density at radius 3 is 3.17 bits per heavy atom. The van der Waals surface area contributed by atoms with Crippen molar-refractivity contribution in [2.75, 3.05) is 26.7 Å². The molecular formula is C15H22N2O. The van der Waals surface area contributed by atoms with Crippen molar-refractivity contribution in [3.63, 3.8) is 0 Å². The molecule has 3 heteroatoms. The number of likely N-dealkylation sites (tertiary alicyclic amines) is 1. The molecule has 98 valence electrons. The fraction of sp³-hybridized carbons (Fsp3) is 0.600. The molecule has 1 atom stereocenters. The van der Waals surface area contributed by atoms with Gasteiger partial charge in [0.25, 0.3) is 0 Å². The highest BCUT2D eigenvalue weighted by Crippen LogP contribution is 2.23. The van der Waals surface area contributed by atoms with Crippen LogP contribution in [0.1, 0.15) is 24.0 Å². The predicted molar refractivity (Wildman–Crippen MR) is 73.0 cm³/mol. The largest absolute Gasteiger partial charge is 0.489 e. The number of rotatable bonds is 2. The van der Waals surface area contributed by atoms with Gasteiger partial charge in [-0.3, -0.25) is 0 Å². The van der Waals surface area contributed by atoms with Crippen molar-refractivity contribution in [1.29, 1.82) is 0 Å². The highest BCUT2D eigenvalue weighted by Gasteiger charge is 2.19. The van der Waals surface area contributed by atoms with Crippen molar-refractivity contribution in [1.82, 2.24) is 10.2 Å². The van der Waals surface area contributed by atoms with Crippen LogP contribution in [0.15, 0.2) is 18.2 Å². The summed E-state index contributed by atoms with van der Waals surface area (Å²) in [5.74, 6) is 1.04. The highest BCUT2D eigenvalue weighted by atomic mass is 16.5. The van der Waals surface area contributed by atoms with Gasteiger partial charge >= 0.3 is 0 Å². The second-order valence-corrected chi connectivity index (χ2v) is 5.50. The molecule has 3 nitrogen and oxygen atoms in total. The summed E-state index contributed by atoms with van der Waals surface area (Å²) in [6, 6.07) is 6.59. The summed E-state index contributed by atoms with van der Waals surface area (Å²) in [5, 5.41) is 3.42. The van der Waals surface area contributed by atoms with Crippen LogP contribution < -0.4 is 10.1 Å². The fourth-order valence-electron chi connectivity index (χ4n) is 2.94. The summed E-state index contributed by atoms with van der Waals surface area (Å²) in [6.07, 6.45) is 3.92. The summed E-state index contributed by atoms with van der Waals surface area (Å²) in [6.45, 7) is 4.33. The average molecular weight is 246 g/mol. The van der Waals surface area contributed by atoms with E-state index >= 15 is 0 Å². The lowest BCUT2D eigenvalue weighted by molar-refractivity contribution is 0.104. The molecule has 1 N–H and O–H groups in total. The lowest BCUT2D eigenvalue weighted by atomic mass is 10.0. The van der Waals surface area contributed by atoms with Crippen LogP contribution in [0.2, 0.25) is 0 Å². The standard InChI is InChI=1S/C15H22N2O/c1-17-8-2-3-15(11-17)18-14-5-4-12-6-7-16-10-13(12)9-14/h4-5,9,15-16H,2-3,6-8,10-11H2,1H3. The Kier molecular flexibility index (Phi) is 3.52. The molecule has 0 aromatic heterocycles. The van der Waals surface area contributed by atoms with Gasteiger partial charge < -0.3 is 15.0 Å². The molecule has 0 bridgehead atoms. The smallest absolute Gasteiger partial charge is 0.120 e. The molecule has 1 aromatic rings. The second-order valence-electron chi connectivity index (χ2n) is 5.50. The van der Waals surface area contributed by atoms with Crippen molar-refractivity contribution in [3.05, 3.63) is 29.3 Å². The van der Waals surface area contributed by atoms with E-state index in [9.17, 15) is 0 Å². The molecule has 1 unspecified atom stereocenters. The van der Waals surface area contributed by atoms with Gasteiger partial charge in [-0.1, -0.05) is 6.07 Å². The Hall–Kier alpha value is -1.06. The van der Waals surface area contributed by atoms with Gasteiger partial charge in [-0.05, 0) is 62.7 Å². The van der Waals surface area contributed by atoms with Crippen molar-refractivity contribution in [2.24, 2.45) is 0 Å². The monoisotopic (exact) mass is 246 g/mol.